The largest absolute Gasteiger partial charge is 0.337 e. The van der Waals surface area contributed by atoms with Gasteiger partial charge < -0.3 is 5.32 Å². The van der Waals surface area contributed by atoms with Crippen molar-refractivity contribution in [2.75, 3.05) is 0 Å². The van der Waals surface area contributed by atoms with Crippen LogP contribution in [0.4, 0.5) is 0 Å². The van der Waals surface area contributed by atoms with Crippen molar-refractivity contribution in [1.29, 1.82) is 5.26 Å². The Bertz CT molecular complexity index is 244. The molecule has 13 heavy (non-hydrogen) atoms. The number of hydrogen-bond acceptors (Lipinski definition) is 2. The van der Waals surface area contributed by atoms with E-state index in [0.717, 1.165) is 5.57 Å². The highest BCUT2D eigenvalue weighted by atomic mass is 16.1. The Labute approximate surface area is 79.4 Å². The zero-order valence-corrected chi connectivity index (χ0v) is 8.59. The van der Waals surface area contributed by atoms with Gasteiger partial charge in [0.15, 0.2) is 0 Å². The molecular weight excluding hydrogens is 164 g/mol. The molecule has 1 amide bonds. The summed E-state index contributed by atoms with van der Waals surface area (Å²) in [4.78, 5) is 11.2. The van der Waals surface area contributed by atoms with Crippen molar-refractivity contribution >= 4 is 5.91 Å². The van der Waals surface area contributed by atoms with E-state index in [2.05, 4.69) is 5.32 Å². The van der Waals surface area contributed by atoms with E-state index in [9.17, 15) is 4.79 Å². The molecule has 3 nitrogen and oxygen atoms in total. The zero-order chi connectivity index (χ0) is 10.4. The van der Waals surface area contributed by atoms with Crippen LogP contribution in [0.3, 0.4) is 0 Å². The summed E-state index contributed by atoms with van der Waals surface area (Å²) in [7, 11) is 0. The number of carbonyl (C=O) groups is 1. The van der Waals surface area contributed by atoms with Crippen LogP contribution in [0.15, 0.2) is 11.6 Å². The quantitative estimate of drug-likeness (QED) is 0.671. The molecule has 3 heteroatoms. The molecule has 1 N–H and O–H groups in total. The number of hydrogen-bond donors (Lipinski definition) is 1. The first kappa shape index (κ1) is 11.7. The maximum absolute atomic E-state index is 11.2. The van der Waals surface area contributed by atoms with Crippen LogP contribution in [0, 0.1) is 17.2 Å². The Hall–Kier alpha value is -1.30. The highest BCUT2D eigenvalue weighted by molar-refractivity contribution is 5.88. The topological polar surface area (TPSA) is 52.9 Å². The van der Waals surface area contributed by atoms with Gasteiger partial charge in [-0.1, -0.05) is 19.4 Å². The fourth-order valence-corrected chi connectivity index (χ4v) is 0.805. The third kappa shape index (κ3) is 5.02. The summed E-state index contributed by atoms with van der Waals surface area (Å²) in [5.74, 6) is -0.0558. The van der Waals surface area contributed by atoms with Gasteiger partial charge in [-0.3, -0.25) is 4.79 Å². The van der Waals surface area contributed by atoms with Gasteiger partial charge in [-0.05, 0) is 19.8 Å². The van der Waals surface area contributed by atoms with E-state index in [1.807, 2.05) is 33.8 Å². The monoisotopic (exact) mass is 180 g/mol. The van der Waals surface area contributed by atoms with Crippen molar-refractivity contribution < 1.29 is 4.79 Å². The average molecular weight is 180 g/mol. The molecule has 0 fully saturated rings. The minimum Gasteiger partial charge on any atom is -0.337 e. The second-order valence-electron chi connectivity index (χ2n) is 3.58. The molecule has 0 bridgehead atoms. The Morgan fingerprint density at radius 3 is 2.31 bits per heavy atom. The second kappa shape index (κ2) is 5.36. The molecule has 72 valence electrons. The highest BCUT2D eigenvalue weighted by Crippen LogP contribution is 2.00. The molecule has 0 rings (SSSR count). The predicted octanol–water partition coefficient (Wildman–Crippen LogP) is 1.62. The van der Waals surface area contributed by atoms with Gasteiger partial charge in [0.05, 0.1) is 6.07 Å². The standard InChI is InChI=1S/C10H16N2O/c1-7(2)5-10(13)12-9(6-11)8(3)4/h5,8-9H,1-4H3,(H,12,13). The molecule has 0 heterocycles. The summed E-state index contributed by atoms with van der Waals surface area (Å²) in [5, 5.41) is 11.3. The summed E-state index contributed by atoms with van der Waals surface area (Å²) >= 11 is 0. The van der Waals surface area contributed by atoms with Gasteiger partial charge in [0.25, 0.3) is 0 Å². The van der Waals surface area contributed by atoms with E-state index >= 15 is 0 Å². The van der Waals surface area contributed by atoms with E-state index in [1.165, 1.54) is 6.08 Å². The lowest BCUT2D eigenvalue weighted by atomic mass is 10.1. The van der Waals surface area contributed by atoms with E-state index in [-0.39, 0.29) is 11.8 Å². The minimum atomic E-state index is -0.400. The number of rotatable bonds is 3. The molecule has 0 aliphatic carbocycles. The summed E-state index contributed by atoms with van der Waals surface area (Å²) in [5.41, 5.74) is 0.929. The minimum absolute atomic E-state index is 0.138. The molecule has 0 aliphatic heterocycles. The van der Waals surface area contributed by atoms with Crippen LogP contribution in [-0.4, -0.2) is 11.9 Å². The van der Waals surface area contributed by atoms with Crippen molar-refractivity contribution in [1.82, 2.24) is 5.32 Å². The van der Waals surface area contributed by atoms with Crippen LogP contribution in [0.1, 0.15) is 27.7 Å². The van der Waals surface area contributed by atoms with Crippen molar-refractivity contribution in [3.05, 3.63) is 11.6 Å². The van der Waals surface area contributed by atoms with Gasteiger partial charge in [0.1, 0.15) is 6.04 Å². The predicted molar refractivity (Wildman–Crippen MR) is 51.8 cm³/mol. The number of nitrogens with one attached hydrogen (secondary N) is 1. The molecule has 0 aliphatic rings. The third-order valence-corrected chi connectivity index (χ3v) is 1.52. The molecule has 0 saturated heterocycles. The summed E-state index contributed by atoms with van der Waals surface area (Å²) in [6, 6.07) is 1.64. The molecular formula is C10H16N2O. The number of amides is 1. The Morgan fingerprint density at radius 2 is 2.00 bits per heavy atom. The van der Waals surface area contributed by atoms with Crippen molar-refractivity contribution in [2.45, 2.75) is 33.7 Å². The van der Waals surface area contributed by atoms with Crippen molar-refractivity contribution in [2.24, 2.45) is 5.92 Å². The van der Waals surface area contributed by atoms with Crippen molar-refractivity contribution in [3.8, 4) is 6.07 Å². The van der Waals surface area contributed by atoms with E-state index in [1.54, 1.807) is 0 Å². The van der Waals surface area contributed by atoms with Gasteiger partial charge in [-0.2, -0.15) is 5.26 Å². The summed E-state index contributed by atoms with van der Waals surface area (Å²) in [6.45, 7) is 7.49. The molecule has 0 aromatic carbocycles. The zero-order valence-electron chi connectivity index (χ0n) is 8.59. The molecule has 0 spiro atoms. The van der Waals surface area contributed by atoms with Crippen LogP contribution in [0.5, 0.6) is 0 Å². The molecule has 0 radical (unpaired) electrons. The van der Waals surface area contributed by atoms with Gasteiger partial charge >= 0.3 is 0 Å². The fourth-order valence-electron chi connectivity index (χ4n) is 0.805. The van der Waals surface area contributed by atoms with Crippen LogP contribution in [0.2, 0.25) is 0 Å². The first-order valence-electron chi connectivity index (χ1n) is 4.32. The molecule has 1 atom stereocenters. The summed E-state index contributed by atoms with van der Waals surface area (Å²) in [6.07, 6.45) is 1.49. The molecule has 1 unspecified atom stereocenters. The Morgan fingerprint density at radius 1 is 1.46 bits per heavy atom. The lowest BCUT2D eigenvalue weighted by molar-refractivity contribution is -0.117. The number of nitriles is 1. The number of carbonyl (C=O) groups excluding carboxylic acids is 1. The van der Waals surface area contributed by atoms with E-state index < -0.39 is 6.04 Å². The second-order valence-corrected chi connectivity index (χ2v) is 3.58. The lowest BCUT2D eigenvalue weighted by Gasteiger charge is -2.13. The van der Waals surface area contributed by atoms with Crippen LogP contribution >= 0.6 is 0 Å². The molecule has 0 aromatic rings. The SMILES string of the molecule is CC(C)=CC(=O)NC(C#N)C(C)C. The van der Waals surface area contributed by atoms with E-state index in [4.69, 9.17) is 5.26 Å². The number of nitrogens with zero attached hydrogens (tertiary/aromatic N) is 1. The third-order valence-electron chi connectivity index (χ3n) is 1.52. The van der Waals surface area contributed by atoms with E-state index in [0.29, 0.717) is 0 Å². The maximum Gasteiger partial charge on any atom is 0.244 e. The average Bonchev–Trinajstić information content (AvgIpc) is 1.98. The smallest absolute Gasteiger partial charge is 0.244 e. The first-order valence-corrected chi connectivity index (χ1v) is 4.32. The molecule has 0 saturated carbocycles. The number of allylic oxidation sites excluding steroid dienone is 1. The fraction of sp³-hybridized carbons (Fsp3) is 0.600. The van der Waals surface area contributed by atoms with Crippen molar-refractivity contribution in [3.63, 3.8) is 0 Å². The highest BCUT2D eigenvalue weighted by Gasteiger charge is 2.13. The Balaban J connectivity index is 4.20. The maximum atomic E-state index is 11.2. The first-order chi connectivity index (χ1) is 5.97. The lowest BCUT2D eigenvalue weighted by Crippen LogP contribution is -2.36. The normalized spacial score (nSPS) is 11.7. The van der Waals surface area contributed by atoms with Crippen LogP contribution < -0.4 is 5.32 Å². The van der Waals surface area contributed by atoms with Gasteiger partial charge in [-0.25, -0.2) is 0 Å². The van der Waals surface area contributed by atoms with Crippen LogP contribution in [0.25, 0.3) is 0 Å². The van der Waals surface area contributed by atoms with Gasteiger partial charge in [0, 0.05) is 6.08 Å². The molecule has 0 aromatic heterocycles. The van der Waals surface area contributed by atoms with Gasteiger partial charge in [0.2, 0.25) is 5.91 Å². The summed E-state index contributed by atoms with van der Waals surface area (Å²) < 4.78 is 0. The Kier molecular flexibility index (Phi) is 4.83. The van der Waals surface area contributed by atoms with Gasteiger partial charge in [-0.15, -0.1) is 0 Å². The van der Waals surface area contributed by atoms with Crippen LogP contribution in [-0.2, 0) is 4.79 Å².